The molecule has 1 heterocycles. The Bertz CT molecular complexity index is 485. The van der Waals surface area contributed by atoms with Crippen LogP contribution in [0.4, 0.5) is 19.0 Å². The second-order valence-corrected chi connectivity index (χ2v) is 3.23. The van der Waals surface area contributed by atoms with Crippen LogP contribution in [-0.2, 0) is 6.18 Å². The van der Waals surface area contributed by atoms with E-state index in [4.69, 9.17) is 5.73 Å². The second-order valence-electron chi connectivity index (χ2n) is 3.23. The van der Waals surface area contributed by atoms with E-state index in [2.05, 4.69) is 5.10 Å². The fourth-order valence-electron chi connectivity index (χ4n) is 1.28. The monoisotopic (exact) mass is 227 g/mol. The summed E-state index contributed by atoms with van der Waals surface area (Å²) in [6, 6.07) is 6.27. The topological polar surface area (TPSA) is 43.8 Å². The highest BCUT2D eigenvalue weighted by molar-refractivity contribution is 5.37. The first-order chi connectivity index (χ1) is 7.47. The first-order valence-electron chi connectivity index (χ1n) is 4.45. The molecule has 0 radical (unpaired) electrons. The first kappa shape index (κ1) is 10.5. The van der Waals surface area contributed by atoms with Crippen LogP contribution in [0.5, 0.6) is 0 Å². The van der Waals surface area contributed by atoms with Crippen LogP contribution in [0.1, 0.15) is 5.56 Å². The van der Waals surface area contributed by atoms with Gasteiger partial charge in [-0.1, -0.05) is 0 Å². The Balaban J connectivity index is 2.33. The summed E-state index contributed by atoms with van der Waals surface area (Å²) < 4.78 is 38.3. The summed E-state index contributed by atoms with van der Waals surface area (Å²) in [5.41, 5.74) is 5.25. The van der Waals surface area contributed by atoms with Crippen molar-refractivity contribution < 1.29 is 13.2 Å². The van der Waals surface area contributed by atoms with Crippen molar-refractivity contribution >= 4 is 5.82 Å². The Hall–Kier alpha value is -1.98. The van der Waals surface area contributed by atoms with Crippen LogP contribution >= 0.6 is 0 Å². The minimum atomic E-state index is -4.32. The molecule has 0 saturated carbocycles. The van der Waals surface area contributed by atoms with Gasteiger partial charge in [-0.2, -0.15) is 18.3 Å². The molecule has 2 rings (SSSR count). The minimum absolute atomic E-state index is 0.319. The van der Waals surface area contributed by atoms with Crippen molar-refractivity contribution in [2.45, 2.75) is 6.18 Å². The van der Waals surface area contributed by atoms with Gasteiger partial charge in [-0.3, -0.25) is 0 Å². The number of halogens is 3. The molecule has 1 aromatic carbocycles. The predicted molar refractivity (Wildman–Crippen MR) is 53.0 cm³/mol. The summed E-state index contributed by atoms with van der Waals surface area (Å²) in [5.74, 6) is 0.319. The van der Waals surface area contributed by atoms with E-state index in [1.165, 1.54) is 16.8 Å². The lowest BCUT2D eigenvalue weighted by molar-refractivity contribution is -0.137. The van der Waals surface area contributed by atoms with Gasteiger partial charge in [-0.15, -0.1) is 0 Å². The van der Waals surface area contributed by atoms with Gasteiger partial charge in [-0.05, 0) is 24.3 Å². The fraction of sp³-hybridized carbons (Fsp3) is 0.100. The predicted octanol–water partition coefficient (Wildman–Crippen LogP) is 2.47. The molecule has 0 fully saturated rings. The highest BCUT2D eigenvalue weighted by Crippen LogP contribution is 2.29. The van der Waals surface area contributed by atoms with E-state index in [1.807, 2.05) is 0 Å². The Morgan fingerprint density at radius 3 is 2.12 bits per heavy atom. The number of nitrogens with two attached hydrogens (primary N) is 1. The van der Waals surface area contributed by atoms with Gasteiger partial charge in [-0.25, -0.2) is 4.68 Å². The van der Waals surface area contributed by atoms with Crippen molar-refractivity contribution in [3.63, 3.8) is 0 Å². The van der Waals surface area contributed by atoms with Crippen LogP contribution in [0.2, 0.25) is 0 Å². The van der Waals surface area contributed by atoms with Crippen LogP contribution in [0, 0.1) is 0 Å². The van der Waals surface area contributed by atoms with Crippen molar-refractivity contribution in [2.75, 3.05) is 5.73 Å². The lowest BCUT2D eigenvalue weighted by Crippen LogP contribution is -2.05. The van der Waals surface area contributed by atoms with Gasteiger partial charge >= 0.3 is 6.18 Å². The van der Waals surface area contributed by atoms with Crippen molar-refractivity contribution in [1.82, 2.24) is 9.78 Å². The second kappa shape index (κ2) is 3.55. The summed E-state index contributed by atoms with van der Waals surface area (Å²) in [5, 5.41) is 3.89. The lowest BCUT2D eigenvalue weighted by Gasteiger charge is -2.07. The van der Waals surface area contributed by atoms with Gasteiger partial charge in [0.05, 0.1) is 11.3 Å². The molecule has 0 bridgehead atoms. The number of benzene rings is 1. The number of nitrogens with zero attached hydrogens (tertiary/aromatic N) is 2. The van der Waals surface area contributed by atoms with Gasteiger partial charge in [0.1, 0.15) is 5.82 Å². The number of anilines is 1. The van der Waals surface area contributed by atoms with Crippen molar-refractivity contribution in [3.8, 4) is 5.69 Å². The highest BCUT2D eigenvalue weighted by Gasteiger charge is 2.29. The molecule has 2 N–H and O–H groups in total. The molecular weight excluding hydrogens is 219 g/mol. The van der Waals surface area contributed by atoms with Gasteiger partial charge in [0.25, 0.3) is 0 Å². The molecule has 1 aromatic heterocycles. The molecule has 84 valence electrons. The molecule has 2 aromatic rings. The SMILES string of the molecule is Nc1ccn(-c2ccc(C(F)(F)F)cc2)n1. The maximum Gasteiger partial charge on any atom is 0.416 e. The average molecular weight is 227 g/mol. The molecule has 3 nitrogen and oxygen atoms in total. The van der Waals surface area contributed by atoms with Crippen LogP contribution in [0.15, 0.2) is 36.5 Å². The van der Waals surface area contributed by atoms with E-state index in [0.717, 1.165) is 12.1 Å². The number of alkyl halides is 3. The van der Waals surface area contributed by atoms with E-state index < -0.39 is 11.7 Å². The summed E-state index contributed by atoms with van der Waals surface area (Å²) in [6.07, 6.45) is -2.74. The fourth-order valence-corrected chi connectivity index (χ4v) is 1.28. The Morgan fingerprint density at radius 2 is 1.69 bits per heavy atom. The zero-order chi connectivity index (χ0) is 11.8. The van der Waals surface area contributed by atoms with Crippen molar-refractivity contribution in [2.24, 2.45) is 0 Å². The van der Waals surface area contributed by atoms with E-state index >= 15 is 0 Å². The number of nitrogen functional groups attached to an aromatic ring is 1. The summed E-state index contributed by atoms with van der Waals surface area (Å²) >= 11 is 0. The van der Waals surface area contributed by atoms with Gasteiger partial charge in [0.15, 0.2) is 0 Å². The van der Waals surface area contributed by atoms with Crippen LogP contribution < -0.4 is 5.73 Å². The maximum absolute atomic E-state index is 12.3. The third-order valence-electron chi connectivity index (χ3n) is 2.07. The van der Waals surface area contributed by atoms with Gasteiger partial charge < -0.3 is 5.73 Å². The molecule has 0 aliphatic rings. The van der Waals surface area contributed by atoms with Crippen LogP contribution in [0.3, 0.4) is 0 Å². The lowest BCUT2D eigenvalue weighted by atomic mass is 10.2. The van der Waals surface area contributed by atoms with Gasteiger partial charge in [0.2, 0.25) is 0 Å². The van der Waals surface area contributed by atoms with E-state index in [-0.39, 0.29) is 0 Å². The molecule has 0 amide bonds. The normalized spacial score (nSPS) is 11.7. The number of hydrogen-bond donors (Lipinski definition) is 1. The zero-order valence-corrected chi connectivity index (χ0v) is 8.07. The maximum atomic E-state index is 12.3. The van der Waals surface area contributed by atoms with Crippen LogP contribution in [-0.4, -0.2) is 9.78 Å². The smallest absolute Gasteiger partial charge is 0.382 e. The highest BCUT2D eigenvalue weighted by atomic mass is 19.4. The van der Waals surface area contributed by atoms with Gasteiger partial charge in [0, 0.05) is 12.3 Å². The third kappa shape index (κ3) is 2.00. The van der Waals surface area contributed by atoms with Crippen molar-refractivity contribution in [3.05, 3.63) is 42.1 Å². The molecule has 0 unspecified atom stereocenters. The standard InChI is InChI=1S/C10H8F3N3/c11-10(12,13)7-1-3-8(4-2-7)16-6-5-9(14)15-16/h1-6H,(H2,14,15). The number of aromatic nitrogens is 2. The Labute approximate surface area is 89.3 Å². The molecular formula is C10H8F3N3. The van der Waals surface area contributed by atoms with E-state index in [9.17, 15) is 13.2 Å². The Morgan fingerprint density at radius 1 is 1.06 bits per heavy atom. The summed E-state index contributed by atoms with van der Waals surface area (Å²) in [7, 11) is 0. The number of rotatable bonds is 1. The summed E-state index contributed by atoms with van der Waals surface area (Å²) in [6.45, 7) is 0. The largest absolute Gasteiger partial charge is 0.416 e. The molecule has 0 spiro atoms. The average Bonchev–Trinajstić information content (AvgIpc) is 2.64. The Kier molecular flexibility index (Phi) is 2.34. The van der Waals surface area contributed by atoms with E-state index in [1.54, 1.807) is 12.3 Å². The molecule has 16 heavy (non-hydrogen) atoms. The van der Waals surface area contributed by atoms with Crippen molar-refractivity contribution in [1.29, 1.82) is 0 Å². The minimum Gasteiger partial charge on any atom is -0.382 e. The van der Waals surface area contributed by atoms with Crippen LogP contribution in [0.25, 0.3) is 5.69 Å². The molecule has 0 atom stereocenters. The molecule has 0 aliphatic heterocycles. The number of hydrogen-bond acceptors (Lipinski definition) is 2. The molecule has 0 saturated heterocycles. The molecule has 6 heteroatoms. The quantitative estimate of drug-likeness (QED) is 0.813. The summed E-state index contributed by atoms with van der Waals surface area (Å²) in [4.78, 5) is 0. The molecule has 0 aliphatic carbocycles. The van der Waals surface area contributed by atoms with E-state index in [0.29, 0.717) is 11.5 Å². The first-order valence-corrected chi connectivity index (χ1v) is 4.45. The zero-order valence-electron chi connectivity index (χ0n) is 8.07. The third-order valence-corrected chi connectivity index (χ3v) is 2.07.